The highest BCUT2D eigenvalue weighted by Crippen LogP contribution is 2.26. The topological polar surface area (TPSA) is 24.9 Å². The highest BCUT2D eigenvalue weighted by molar-refractivity contribution is 7.98. The summed E-state index contributed by atoms with van der Waals surface area (Å²) >= 11 is 1.76. The van der Waals surface area contributed by atoms with Crippen molar-refractivity contribution in [3.63, 3.8) is 0 Å². The first-order valence-corrected chi connectivity index (χ1v) is 7.79. The Kier molecular flexibility index (Phi) is 3.88. The fourth-order valence-corrected chi connectivity index (χ4v) is 2.88. The van der Waals surface area contributed by atoms with E-state index in [0.717, 1.165) is 6.54 Å². The molecule has 0 radical (unpaired) electrons. The first-order valence-electron chi connectivity index (χ1n) is 6.57. The SMILES string of the molecule is CSc1ccccc1NCc1cncc2ccccc12. The third-order valence-electron chi connectivity index (χ3n) is 3.33. The van der Waals surface area contributed by atoms with E-state index in [9.17, 15) is 0 Å². The van der Waals surface area contributed by atoms with Gasteiger partial charge in [0.05, 0.1) is 0 Å². The molecule has 0 fully saturated rings. The summed E-state index contributed by atoms with van der Waals surface area (Å²) in [6, 6.07) is 16.7. The number of para-hydroxylation sites is 1. The predicted octanol–water partition coefficient (Wildman–Crippen LogP) is 4.57. The average Bonchev–Trinajstić information content (AvgIpc) is 2.53. The standard InChI is InChI=1S/C17H16N2S/c1-20-17-9-5-4-8-16(17)19-12-14-11-18-10-13-6-2-3-7-15(13)14/h2-11,19H,12H2,1H3. The number of pyridine rings is 1. The number of thioether (sulfide) groups is 1. The molecule has 0 atom stereocenters. The normalized spacial score (nSPS) is 10.7. The monoisotopic (exact) mass is 280 g/mol. The predicted molar refractivity (Wildman–Crippen MR) is 87.3 cm³/mol. The summed E-state index contributed by atoms with van der Waals surface area (Å²) in [5, 5.41) is 5.96. The number of fused-ring (bicyclic) bond motifs is 1. The van der Waals surface area contributed by atoms with Crippen molar-refractivity contribution >= 4 is 28.2 Å². The van der Waals surface area contributed by atoms with Crippen LogP contribution in [0.5, 0.6) is 0 Å². The Hall–Kier alpha value is -2.00. The first kappa shape index (κ1) is 13.0. The minimum Gasteiger partial charge on any atom is -0.380 e. The second-order valence-electron chi connectivity index (χ2n) is 4.57. The molecule has 1 N–H and O–H groups in total. The van der Waals surface area contributed by atoms with Crippen molar-refractivity contribution in [1.29, 1.82) is 0 Å². The Morgan fingerprint density at radius 3 is 2.70 bits per heavy atom. The summed E-state index contributed by atoms with van der Waals surface area (Å²) in [7, 11) is 0. The van der Waals surface area contributed by atoms with Crippen LogP contribution in [0.3, 0.4) is 0 Å². The average molecular weight is 280 g/mol. The van der Waals surface area contributed by atoms with Gasteiger partial charge in [0, 0.05) is 34.9 Å². The van der Waals surface area contributed by atoms with Gasteiger partial charge >= 0.3 is 0 Å². The van der Waals surface area contributed by atoms with Gasteiger partial charge in [-0.15, -0.1) is 11.8 Å². The van der Waals surface area contributed by atoms with Crippen LogP contribution in [0.15, 0.2) is 65.8 Å². The van der Waals surface area contributed by atoms with Gasteiger partial charge in [-0.1, -0.05) is 36.4 Å². The number of nitrogens with one attached hydrogen (secondary N) is 1. The Bertz CT molecular complexity index is 720. The molecule has 0 saturated carbocycles. The molecule has 0 aliphatic heterocycles. The molecule has 3 aromatic rings. The molecular weight excluding hydrogens is 264 g/mol. The highest BCUT2D eigenvalue weighted by Gasteiger charge is 2.03. The van der Waals surface area contributed by atoms with Crippen LogP contribution in [0.1, 0.15) is 5.56 Å². The van der Waals surface area contributed by atoms with Crippen LogP contribution in [-0.2, 0) is 6.54 Å². The fraction of sp³-hybridized carbons (Fsp3) is 0.118. The quantitative estimate of drug-likeness (QED) is 0.709. The van der Waals surface area contributed by atoms with Crippen LogP contribution in [0.25, 0.3) is 10.8 Å². The van der Waals surface area contributed by atoms with E-state index in [1.165, 1.54) is 26.9 Å². The Labute approximate surface area is 123 Å². The van der Waals surface area contributed by atoms with Crippen LogP contribution < -0.4 is 5.32 Å². The van der Waals surface area contributed by atoms with Crippen LogP contribution in [0.4, 0.5) is 5.69 Å². The molecule has 0 unspecified atom stereocenters. The maximum absolute atomic E-state index is 4.32. The smallest absolute Gasteiger partial charge is 0.0480 e. The molecule has 3 heteroatoms. The third-order valence-corrected chi connectivity index (χ3v) is 4.12. The first-order chi connectivity index (χ1) is 9.88. The van der Waals surface area contributed by atoms with E-state index >= 15 is 0 Å². The maximum atomic E-state index is 4.32. The number of hydrogen-bond acceptors (Lipinski definition) is 3. The molecule has 3 rings (SSSR count). The van der Waals surface area contributed by atoms with E-state index in [0.29, 0.717) is 0 Å². The maximum Gasteiger partial charge on any atom is 0.0480 e. The molecule has 0 saturated heterocycles. The molecule has 0 spiro atoms. The number of hydrogen-bond donors (Lipinski definition) is 1. The van der Waals surface area contributed by atoms with E-state index in [4.69, 9.17) is 0 Å². The molecule has 2 aromatic carbocycles. The van der Waals surface area contributed by atoms with Gasteiger partial charge in [-0.25, -0.2) is 0 Å². The molecular formula is C17H16N2S. The zero-order valence-electron chi connectivity index (χ0n) is 11.3. The summed E-state index contributed by atoms with van der Waals surface area (Å²) in [5.74, 6) is 0. The summed E-state index contributed by atoms with van der Waals surface area (Å²) in [4.78, 5) is 5.59. The lowest BCUT2D eigenvalue weighted by Gasteiger charge is -2.11. The lowest BCUT2D eigenvalue weighted by molar-refractivity contribution is 1.12. The molecule has 20 heavy (non-hydrogen) atoms. The van der Waals surface area contributed by atoms with Gasteiger partial charge in [0.2, 0.25) is 0 Å². The Morgan fingerprint density at radius 1 is 1.00 bits per heavy atom. The molecule has 1 aromatic heterocycles. The molecule has 1 heterocycles. The van der Waals surface area contributed by atoms with Gasteiger partial charge in [0.1, 0.15) is 0 Å². The van der Waals surface area contributed by atoms with E-state index in [-0.39, 0.29) is 0 Å². The van der Waals surface area contributed by atoms with Gasteiger partial charge in [-0.05, 0) is 29.3 Å². The summed E-state index contributed by atoms with van der Waals surface area (Å²) in [6.07, 6.45) is 5.95. The minimum absolute atomic E-state index is 0.784. The lowest BCUT2D eigenvalue weighted by Crippen LogP contribution is -2.01. The van der Waals surface area contributed by atoms with Crippen LogP contribution in [-0.4, -0.2) is 11.2 Å². The van der Waals surface area contributed by atoms with Crippen molar-refractivity contribution in [1.82, 2.24) is 4.98 Å². The number of aromatic nitrogens is 1. The number of nitrogens with zero attached hydrogens (tertiary/aromatic N) is 1. The molecule has 100 valence electrons. The summed E-state index contributed by atoms with van der Waals surface area (Å²) in [5.41, 5.74) is 2.40. The second-order valence-corrected chi connectivity index (χ2v) is 5.42. The van der Waals surface area contributed by atoms with Crippen LogP contribution in [0, 0.1) is 0 Å². The van der Waals surface area contributed by atoms with Crippen molar-refractivity contribution in [2.75, 3.05) is 11.6 Å². The summed E-state index contributed by atoms with van der Waals surface area (Å²) < 4.78 is 0. The third kappa shape index (κ3) is 2.63. The van der Waals surface area contributed by atoms with Crippen LogP contribution in [0.2, 0.25) is 0 Å². The molecule has 0 bridgehead atoms. The molecule has 0 aliphatic carbocycles. The van der Waals surface area contributed by atoms with Gasteiger partial charge < -0.3 is 5.32 Å². The van der Waals surface area contributed by atoms with E-state index in [1.54, 1.807) is 11.8 Å². The highest BCUT2D eigenvalue weighted by atomic mass is 32.2. The van der Waals surface area contributed by atoms with Crippen molar-refractivity contribution in [2.45, 2.75) is 11.4 Å². The van der Waals surface area contributed by atoms with Gasteiger partial charge in [0.25, 0.3) is 0 Å². The number of rotatable bonds is 4. The van der Waals surface area contributed by atoms with E-state index in [1.807, 2.05) is 18.5 Å². The van der Waals surface area contributed by atoms with Gasteiger partial charge in [-0.2, -0.15) is 0 Å². The van der Waals surface area contributed by atoms with Crippen LogP contribution >= 0.6 is 11.8 Å². The van der Waals surface area contributed by atoms with E-state index in [2.05, 4.69) is 59.0 Å². The molecule has 0 aliphatic rings. The summed E-state index contributed by atoms with van der Waals surface area (Å²) in [6.45, 7) is 0.784. The Balaban J connectivity index is 1.87. The van der Waals surface area contributed by atoms with Crippen molar-refractivity contribution in [2.24, 2.45) is 0 Å². The zero-order chi connectivity index (χ0) is 13.8. The molecule has 0 amide bonds. The van der Waals surface area contributed by atoms with Gasteiger partial charge in [-0.3, -0.25) is 4.98 Å². The second kappa shape index (κ2) is 5.97. The number of anilines is 1. The van der Waals surface area contributed by atoms with Crippen molar-refractivity contribution < 1.29 is 0 Å². The van der Waals surface area contributed by atoms with Gasteiger partial charge in [0.15, 0.2) is 0 Å². The largest absolute Gasteiger partial charge is 0.380 e. The minimum atomic E-state index is 0.784. The lowest BCUT2D eigenvalue weighted by atomic mass is 10.1. The van der Waals surface area contributed by atoms with E-state index < -0.39 is 0 Å². The Morgan fingerprint density at radius 2 is 1.80 bits per heavy atom. The van der Waals surface area contributed by atoms with Crippen molar-refractivity contribution in [3.8, 4) is 0 Å². The fourth-order valence-electron chi connectivity index (χ4n) is 2.30. The zero-order valence-corrected chi connectivity index (χ0v) is 12.2. The van der Waals surface area contributed by atoms with Crippen molar-refractivity contribution in [3.05, 3.63) is 66.5 Å². The number of benzene rings is 2. The molecule has 2 nitrogen and oxygen atoms in total.